The number of hydrogen-bond donors (Lipinski definition) is 1. The Kier molecular flexibility index (Phi) is 4.68. The fourth-order valence-corrected chi connectivity index (χ4v) is 4.51. The summed E-state index contributed by atoms with van der Waals surface area (Å²) < 4.78 is 5.57. The Bertz CT molecular complexity index is 879. The van der Waals surface area contributed by atoms with Gasteiger partial charge in [-0.05, 0) is 25.0 Å². The van der Waals surface area contributed by atoms with E-state index in [-0.39, 0.29) is 19.0 Å². The molecule has 0 aromatic heterocycles. The van der Waals surface area contributed by atoms with E-state index in [1.165, 1.54) is 9.80 Å². The summed E-state index contributed by atoms with van der Waals surface area (Å²) in [6.45, 7) is -0.452. The molecule has 9 nitrogen and oxygen atoms in total. The summed E-state index contributed by atoms with van der Waals surface area (Å²) in [5, 5.41) is 0. The van der Waals surface area contributed by atoms with E-state index in [9.17, 15) is 19.2 Å². The third-order valence-corrected chi connectivity index (χ3v) is 6.17. The van der Waals surface area contributed by atoms with Crippen molar-refractivity contribution in [1.82, 2.24) is 9.80 Å². The van der Waals surface area contributed by atoms with Crippen molar-refractivity contribution in [2.24, 2.45) is 5.73 Å². The molecule has 0 radical (unpaired) electrons. The molecule has 1 aromatic rings. The summed E-state index contributed by atoms with van der Waals surface area (Å²) in [4.78, 5) is 54.6. The number of para-hydroxylation sites is 2. The Morgan fingerprint density at radius 1 is 1.17 bits per heavy atom. The van der Waals surface area contributed by atoms with E-state index in [0.717, 1.165) is 24.2 Å². The second-order valence-corrected chi connectivity index (χ2v) is 7.81. The molecule has 1 atom stereocenters. The van der Waals surface area contributed by atoms with Crippen LogP contribution < -0.4 is 15.4 Å². The van der Waals surface area contributed by atoms with Gasteiger partial charge in [0.05, 0.1) is 12.2 Å². The van der Waals surface area contributed by atoms with E-state index in [1.807, 2.05) is 0 Å². The quantitative estimate of drug-likeness (QED) is 0.756. The van der Waals surface area contributed by atoms with Crippen molar-refractivity contribution in [3.8, 4) is 5.75 Å². The minimum absolute atomic E-state index is 0.0671. The van der Waals surface area contributed by atoms with E-state index in [1.54, 1.807) is 31.3 Å². The van der Waals surface area contributed by atoms with Crippen LogP contribution in [0.15, 0.2) is 24.3 Å². The lowest BCUT2D eigenvalue weighted by Crippen LogP contribution is -2.52. The Morgan fingerprint density at radius 3 is 2.55 bits per heavy atom. The highest BCUT2D eigenvalue weighted by molar-refractivity contribution is 6.10. The second kappa shape index (κ2) is 7.06. The largest absolute Gasteiger partial charge is 0.477 e. The van der Waals surface area contributed by atoms with Crippen molar-refractivity contribution in [2.45, 2.75) is 43.7 Å². The summed E-state index contributed by atoms with van der Waals surface area (Å²) in [6.07, 6.45) is 3.02. The molecule has 5 amide bonds. The van der Waals surface area contributed by atoms with Crippen molar-refractivity contribution < 1.29 is 23.9 Å². The maximum absolute atomic E-state index is 13.1. The maximum Gasteiger partial charge on any atom is 0.327 e. The topological polar surface area (TPSA) is 113 Å². The van der Waals surface area contributed by atoms with Crippen LogP contribution >= 0.6 is 0 Å². The summed E-state index contributed by atoms with van der Waals surface area (Å²) in [6, 6.07) is 6.33. The fourth-order valence-electron chi connectivity index (χ4n) is 4.51. The SMILES string of the molecule is CN1C(=O)N(CC(=O)N2C[C@H](C(N)=O)Oc3ccccc32)C(=O)C12CCCCC2. The van der Waals surface area contributed by atoms with Gasteiger partial charge >= 0.3 is 6.03 Å². The number of rotatable bonds is 3. The third kappa shape index (κ3) is 3.01. The molecule has 2 fully saturated rings. The molecule has 2 aliphatic heterocycles. The fraction of sp³-hybridized carbons (Fsp3) is 0.500. The van der Waals surface area contributed by atoms with Gasteiger partial charge in [-0.1, -0.05) is 31.4 Å². The van der Waals surface area contributed by atoms with Crippen LogP contribution in [0.5, 0.6) is 5.75 Å². The summed E-state index contributed by atoms with van der Waals surface area (Å²) in [5.41, 5.74) is 5.02. The summed E-state index contributed by atoms with van der Waals surface area (Å²) in [7, 11) is 1.63. The Labute approximate surface area is 168 Å². The standard InChI is InChI=1S/C20H24N4O5/c1-22-19(28)24(18(27)20(22)9-5-2-6-10-20)12-16(25)23-11-15(17(21)26)29-14-8-4-3-7-13(14)23/h3-4,7-8,15H,2,5-6,9-12H2,1H3,(H2,21,26)/t15-/m1/s1. The molecule has 1 saturated heterocycles. The van der Waals surface area contributed by atoms with Crippen molar-refractivity contribution in [3.63, 3.8) is 0 Å². The minimum Gasteiger partial charge on any atom is -0.477 e. The van der Waals surface area contributed by atoms with Gasteiger partial charge < -0.3 is 20.3 Å². The van der Waals surface area contributed by atoms with Gasteiger partial charge in [0.2, 0.25) is 5.91 Å². The Balaban J connectivity index is 1.58. The Hall–Kier alpha value is -3.10. The number of anilines is 1. The number of amides is 5. The van der Waals surface area contributed by atoms with Crippen molar-refractivity contribution in [1.29, 1.82) is 0 Å². The number of urea groups is 1. The first-order valence-electron chi connectivity index (χ1n) is 9.80. The second-order valence-electron chi connectivity index (χ2n) is 7.81. The molecule has 1 spiro atoms. The van der Waals surface area contributed by atoms with Crippen LogP contribution in [0.3, 0.4) is 0 Å². The first-order chi connectivity index (χ1) is 13.8. The molecule has 29 heavy (non-hydrogen) atoms. The number of ether oxygens (including phenoxy) is 1. The van der Waals surface area contributed by atoms with Gasteiger partial charge in [0, 0.05) is 7.05 Å². The van der Waals surface area contributed by atoms with Crippen LogP contribution in [0.1, 0.15) is 32.1 Å². The number of nitrogens with two attached hydrogens (primary N) is 1. The van der Waals surface area contributed by atoms with E-state index >= 15 is 0 Å². The number of primary amides is 1. The number of nitrogens with zero attached hydrogens (tertiary/aromatic N) is 3. The number of benzene rings is 1. The highest BCUT2D eigenvalue weighted by Gasteiger charge is 2.56. The predicted octanol–water partition coefficient (Wildman–Crippen LogP) is 0.863. The van der Waals surface area contributed by atoms with E-state index in [4.69, 9.17) is 10.5 Å². The minimum atomic E-state index is -0.994. The van der Waals surface area contributed by atoms with Crippen LogP contribution in [0.2, 0.25) is 0 Å². The lowest BCUT2D eigenvalue weighted by molar-refractivity contribution is -0.137. The molecule has 0 bridgehead atoms. The number of hydrogen-bond acceptors (Lipinski definition) is 5. The van der Waals surface area contributed by atoms with Gasteiger partial charge in [0.25, 0.3) is 11.8 Å². The van der Waals surface area contributed by atoms with Crippen LogP contribution in [0.4, 0.5) is 10.5 Å². The van der Waals surface area contributed by atoms with Gasteiger partial charge in [0.15, 0.2) is 6.10 Å². The monoisotopic (exact) mass is 400 g/mol. The average Bonchev–Trinajstić information content (AvgIpc) is 2.89. The van der Waals surface area contributed by atoms with Crippen molar-refractivity contribution in [3.05, 3.63) is 24.3 Å². The normalized spacial score (nSPS) is 23.2. The molecule has 1 aromatic carbocycles. The molecule has 0 unspecified atom stereocenters. The molecular formula is C20H24N4O5. The first-order valence-corrected chi connectivity index (χ1v) is 9.80. The molecule has 2 heterocycles. The van der Waals surface area contributed by atoms with Gasteiger partial charge in [-0.3, -0.25) is 19.3 Å². The highest BCUT2D eigenvalue weighted by Crippen LogP contribution is 2.40. The zero-order chi connectivity index (χ0) is 20.8. The molecule has 2 N–H and O–H groups in total. The molecule has 9 heteroatoms. The molecule has 1 saturated carbocycles. The zero-order valence-electron chi connectivity index (χ0n) is 16.3. The van der Waals surface area contributed by atoms with Gasteiger partial charge in [0.1, 0.15) is 17.8 Å². The van der Waals surface area contributed by atoms with Crippen LogP contribution in [-0.4, -0.2) is 65.3 Å². The lowest BCUT2D eigenvalue weighted by Gasteiger charge is -2.36. The van der Waals surface area contributed by atoms with Crippen molar-refractivity contribution >= 4 is 29.4 Å². The molecular weight excluding hydrogens is 376 g/mol. The highest BCUT2D eigenvalue weighted by atomic mass is 16.5. The van der Waals surface area contributed by atoms with E-state index in [0.29, 0.717) is 24.3 Å². The Morgan fingerprint density at radius 2 is 1.86 bits per heavy atom. The zero-order valence-corrected chi connectivity index (χ0v) is 16.3. The maximum atomic E-state index is 13.1. The number of carbonyl (C=O) groups is 4. The lowest BCUT2D eigenvalue weighted by atomic mass is 9.81. The predicted molar refractivity (Wildman–Crippen MR) is 103 cm³/mol. The molecule has 3 aliphatic rings. The summed E-state index contributed by atoms with van der Waals surface area (Å²) >= 11 is 0. The smallest absolute Gasteiger partial charge is 0.327 e. The van der Waals surface area contributed by atoms with Gasteiger partial charge in [-0.25, -0.2) is 4.79 Å². The van der Waals surface area contributed by atoms with E-state index < -0.39 is 29.5 Å². The number of likely N-dealkylation sites (N-methyl/N-ethyl adjacent to an activating group) is 1. The number of carbonyl (C=O) groups excluding carboxylic acids is 4. The molecule has 154 valence electrons. The average molecular weight is 400 g/mol. The van der Waals surface area contributed by atoms with Crippen LogP contribution in [0.25, 0.3) is 0 Å². The van der Waals surface area contributed by atoms with Crippen LogP contribution in [0, 0.1) is 0 Å². The molecule has 1 aliphatic carbocycles. The third-order valence-electron chi connectivity index (χ3n) is 6.17. The van der Waals surface area contributed by atoms with Crippen LogP contribution in [-0.2, 0) is 14.4 Å². The van der Waals surface area contributed by atoms with Crippen molar-refractivity contribution in [2.75, 3.05) is 25.0 Å². The number of fused-ring (bicyclic) bond motifs is 1. The number of imide groups is 1. The molecule has 4 rings (SSSR count). The van der Waals surface area contributed by atoms with E-state index in [2.05, 4.69) is 0 Å². The first kappa shape index (κ1) is 19.2. The summed E-state index contributed by atoms with van der Waals surface area (Å²) in [5.74, 6) is -1.11. The van der Waals surface area contributed by atoms with Gasteiger partial charge in [-0.2, -0.15) is 0 Å². The van der Waals surface area contributed by atoms with Gasteiger partial charge in [-0.15, -0.1) is 0 Å².